The second-order valence-corrected chi connectivity index (χ2v) is 5.29. The van der Waals surface area contributed by atoms with Crippen molar-refractivity contribution in [3.63, 3.8) is 0 Å². The summed E-state index contributed by atoms with van der Waals surface area (Å²) in [6.07, 6.45) is 2.68. The van der Waals surface area contributed by atoms with Gasteiger partial charge in [0.15, 0.2) is 0 Å². The highest BCUT2D eigenvalue weighted by Crippen LogP contribution is 2.33. The van der Waals surface area contributed by atoms with Crippen molar-refractivity contribution in [2.75, 3.05) is 0 Å². The summed E-state index contributed by atoms with van der Waals surface area (Å²) < 4.78 is 0. The number of aliphatic carboxylic acids is 1. The SMILES string of the molecule is Cc1cccc(C(=O)NC(CC2CC2)C(=O)O)c1C. The maximum Gasteiger partial charge on any atom is 0.326 e. The van der Waals surface area contributed by atoms with Crippen LogP contribution in [0.3, 0.4) is 0 Å². The number of carbonyl (C=O) groups is 2. The van der Waals surface area contributed by atoms with E-state index in [4.69, 9.17) is 5.11 Å². The lowest BCUT2D eigenvalue weighted by atomic mass is 10.0. The first-order valence-electron chi connectivity index (χ1n) is 6.59. The first-order valence-corrected chi connectivity index (χ1v) is 6.59. The first kappa shape index (κ1) is 13.6. The zero-order valence-electron chi connectivity index (χ0n) is 11.3. The molecule has 1 fully saturated rings. The second-order valence-electron chi connectivity index (χ2n) is 5.29. The largest absolute Gasteiger partial charge is 0.480 e. The molecule has 19 heavy (non-hydrogen) atoms. The zero-order valence-corrected chi connectivity index (χ0v) is 11.3. The highest BCUT2D eigenvalue weighted by Gasteiger charge is 2.30. The van der Waals surface area contributed by atoms with Gasteiger partial charge in [0.05, 0.1) is 0 Å². The van der Waals surface area contributed by atoms with E-state index < -0.39 is 12.0 Å². The molecule has 0 aromatic heterocycles. The van der Waals surface area contributed by atoms with Crippen LogP contribution in [0.2, 0.25) is 0 Å². The quantitative estimate of drug-likeness (QED) is 0.854. The van der Waals surface area contributed by atoms with Gasteiger partial charge in [-0.25, -0.2) is 4.79 Å². The second kappa shape index (κ2) is 5.43. The number of carbonyl (C=O) groups excluding carboxylic acids is 1. The monoisotopic (exact) mass is 261 g/mol. The molecule has 0 spiro atoms. The van der Waals surface area contributed by atoms with Crippen molar-refractivity contribution >= 4 is 11.9 Å². The average molecular weight is 261 g/mol. The summed E-state index contributed by atoms with van der Waals surface area (Å²) in [6.45, 7) is 3.81. The Morgan fingerprint density at radius 2 is 2.05 bits per heavy atom. The fraction of sp³-hybridized carbons (Fsp3) is 0.467. The summed E-state index contributed by atoms with van der Waals surface area (Å²) >= 11 is 0. The predicted octanol–water partition coefficient (Wildman–Crippen LogP) is 2.29. The number of hydrogen-bond acceptors (Lipinski definition) is 2. The Morgan fingerprint density at radius 1 is 1.37 bits per heavy atom. The minimum atomic E-state index is -0.953. The van der Waals surface area contributed by atoms with Crippen LogP contribution in [0.15, 0.2) is 18.2 Å². The number of amides is 1. The van der Waals surface area contributed by atoms with Gasteiger partial charge < -0.3 is 10.4 Å². The van der Waals surface area contributed by atoms with Crippen LogP contribution < -0.4 is 5.32 Å². The van der Waals surface area contributed by atoms with Crippen LogP contribution in [0.5, 0.6) is 0 Å². The molecule has 1 aliphatic rings. The number of nitrogens with one attached hydrogen (secondary N) is 1. The third-order valence-corrected chi connectivity index (χ3v) is 3.72. The first-order chi connectivity index (χ1) is 8.99. The molecule has 1 aliphatic carbocycles. The third-order valence-electron chi connectivity index (χ3n) is 3.72. The number of benzene rings is 1. The van der Waals surface area contributed by atoms with Gasteiger partial charge in [-0.2, -0.15) is 0 Å². The average Bonchev–Trinajstić information content (AvgIpc) is 3.15. The van der Waals surface area contributed by atoms with Crippen molar-refractivity contribution in [1.29, 1.82) is 0 Å². The summed E-state index contributed by atoms with van der Waals surface area (Å²) in [5.41, 5.74) is 2.49. The van der Waals surface area contributed by atoms with E-state index in [0.717, 1.165) is 24.0 Å². The summed E-state index contributed by atoms with van der Waals surface area (Å²) in [7, 11) is 0. The van der Waals surface area contributed by atoms with Crippen LogP contribution >= 0.6 is 0 Å². The van der Waals surface area contributed by atoms with E-state index in [1.54, 1.807) is 6.07 Å². The summed E-state index contributed by atoms with van der Waals surface area (Å²) in [5.74, 6) is -0.792. The molecule has 0 aliphatic heterocycles. The van der Waals surface area contributed by atoms with E-state index in [9.17, 15) is 9.59 Å². The lowest BCUT2D eigenvalue weighted by Gasteiger charge is -2.15. The molecule has 102 valence electrons. The standard InChI is InChI=1S/C15H19NO3/c1-9-4-3-5-12(10(9)2)14(17)16-13(15(18)19)8-11-6-7-11/h3-5,11,13H,6-8H2,1-2H3,(H,16,17)(H,18,19). The lowest BCUT2D eigenvalue weighted by molar-refractivity contribution is -0.139. The molecule has 0 radical (unpaired) electrons. The fourth-order valence-corrected chi connectivity index (χ4v) is 2.14. The van der Waals surface area contributed by atoms with E-state index in [-0.39, 0.29) is 5.91 Å². The van der Waals surface area contributed by atoms with Crippen molar-refractivity contribution in [2.24, 2.45) is 5.92 Å². The van der Waals surface area contributed by atoms with Crippen molar-refractivity contribution in [1.82, 2.24) is 5.32 Å². The minimum absolute atomic E-state index is 0.297. The molecule has 1 atom stereocenters. The summed E-state index contributed by atoms with van der Waals surface area (Å²) in [5, 5.41) is 11.8. The van der Waals surface area contributed by atoms with Gasteiger partial charge in [0.25, 0.3) is 5.91 Å². The predicted molar refractivity (Wildman–Crippen MR) is 72.1 cm³/mol. The number of rotatable bonds is 5. The van der Waals surface area contributed by atoms with E-state index >= 15 is 0 Å². The van der Waals surface area contributed by atoms with Gasteiger partial charge in [-0.1, -0.05) is 25.0 Å². The zero-order chi connectivity index (χ0) is 14.0. The molecule has 1 aromatic rings. The van der Waals surface area contributed by atoms with Crippen LogP contribution in [-0.4, -0.2) is 23.0 Å². The molecule has 0 bridgehead atoms. The Labute approximate surface area is 112 Å². The molecule has 2 N–H and O–H groups in total. The van der Waals surface area contributed by atoms with Gasteiger partial charge >= 0.3 is 5.97 Å². The van der Waals surface area contributed by atoms with Crippen molar-refractivity contribution < 1.29 is 14.7 Å². The van der Waals surface area contributed by atoms with Gasteiger partial charge in [0, 0.05) is 5.56 Å². The topological polar surface area (TPSA) is 66.4 Å². The Bertz CT molecular complexity index is 506. The van der Waals surface area contributed by atoms with Gasteiger partial charge in [-0.3, -0.25) is 4.79 Å². The van der Waals surface area contributed by atoms with Gasteiger partial charge in [0.2, 0.25) is 0 Å². The number of carboxylic acids is 1. The van der Waals surface area contributed by atoms with Crippen molar-refractivity contribution in [3.05, 3.63) is 34.9 Å². The molecule has 0 saturated heterocycles. The molecule has 4 nitrogen and oxygen atoms in total. The normalized spacial score (nSPS) is 15.9. The molecule has 1 amide bonds. The number of carboxylic acid groups (broad SMARTS) is 1. The van der Waals surface area contributed by atoms with Gasteiger partial charge in [0.1, 0.15) is 6.04 Å². The number of aryl methyl sites for hydroxylation is 1. The van der Waals surface area contributed by atoms with Gasteiger partial charge in [-0.15, -0.1) is 0 Å². The maximum absolute atomic E-state index is 12.2. The van der Waals surface area contributed by atoms with Crippen LogP contribution in [0.1, 0.15) is 40.7 Å². The smallest absolute Gasteiger partial charge is 0.326 e. The minimum Gasteiger partial charge on any atom is -0.480 e. The molecule has 4 heteroatoms. The Hall–Kier alpha value is -1.84. The highest BCUT2D eigenvalue weighted by atomic mass is 16.4. The molecule has 1 saturated carbocycles. The van der Waals surface area contributed by atoms with Crippen LogP contribution in [0.4, 0.5) is 0 Å². The maximum atomic E-state index is 12.2. The lowest BCUT2D eigenvalue weighted by Crippen LogP contribution is -2.41. The molecular formula is C15H19NO3. The fourth-order valence-electron chi connectivity index (χ4n) is 2.14. The molecule has 1 unspecified atom stereocenters. The third kappa shape index (κ3) is 3.34. The van der Waals surface area contributed by atoms with Crippen LogP contribution in [0.25, 0.3) is 0 Å². The highest BCUT2D eigenvalue weighted by molar-refractivity contribution is 5.98. The van der Waals surface area contributed by atoms with Crippen molar-refractivity contribution in [2.45, 2.75) is 39.2 Å². The van der Waals surface area contributed by atoms with Crippen molar-refractivity contribution in [3.8, 4) is 0 Å². The molecular weight excluding hydrogens is 242 g/mol. The van der Waals surface area contributed by atoms with E-state index in [0.29, 0.717) is 17.9 Å². The molecule has 1 aromatic carbocycles. The molecule has 0 heterocycles. The Kier molecular flexibility index (Phi) is 3.88. The molecule has 2 rings (SSSR count). The summed E-state index contributed by atoms with van der Waals surface area (Å²) in [4.78, 5) is 23.3. The van der Waals surface area contributed by atoms with Gasteiger partial charge in [-0.05, 0) is 43.4 Å². The van der Waals surface area contributed by atoms with E-state index in [2.05, 4.69) is 5.32 Å². The Balaban J connectivity index is 2.09. The van der Waals surface area contributed by atoms with E-state index in [1.807, 2.05) is 26.0 Å². The number of hydrogen-bond donors (Lipinski definition) is 2. The van der Waals surface area contributed by atoms with Crippen LogP contribution in [0, 0.1) is 19.8 Å². The summed E-state index contributed by atoms with van der Waals surface area (Å²) in [6, 6.07) is 4.70. The Morgan fingerprint density at radius 3 is 2.63 bits per heavy atom. The van der Waals surface area contributed by atoms with Crippen LogP contribution in [-0.2, 0) is 4.79 Å². The van der Waals surface area contributed by atoms with E-state index in [1.165, 1.54) is 0 Å².